The SMILES string of the molecule is CCOc1cc(O)ccc1-c1nc(CC)c(OC(CC)CC)nc1CC. The van der Waals surface area contributed by atoms with Crippen LogP contribution >= 0.6 is 0 Å². The molecular weight excluding hydrogens is 328 g/mol. The second kappa shape index (κ2) is 9.41. The van der Waals surface area contributed by atoms with Crippen molar-refractivity contribution in [1.82, 2.24) is 9.97 Å². The summed E-state index contributed by atoms with van der Waals surface area (Å²) < 4.78 is 11.8. The fraction of sp³-hybridized carbons (Fsp3) is 0.524. The molecule has 0 atom stereocenters. The summed E-state index contributed by atoms with van der Waals surface area (Å²) in [6.07, 6.45) is 3.51. The van der Waals surface area contributed by atoms with Gasteiger partial charge in [-0.3, -0.25) is 0 Å². The van der Waals surface area contributed by atoms with Gasteiger partial charge >= 0.3 is 0 Å². The Morgan fingerprint density at radius 1 is 0.962 bits per heavy atom. The number of ether oxygens (including phenoxy) is 2. The largest absolute Gasteiger partial charge is 0.508 e. The third kappa shape index (κ3) is 4.45. The van der Waals surface area contributed by atoms with Gasteiger partial charge in [0, 0.05) is 11.6 Å². The van der Waals surface area contributed by atoms with Crippen molar-refractivity contribution in [3.63, 3.8) is 0 Å². The van der Waals surface area contributed by atoms with Crippen molar-refractivity contribution in [2.75, 3.05) is 6.61 Å². The summed E-state index contributed by atoms with van der Waals surface area (Å²) in [5.74, 6) is 1.43. The molecule has 5 nitrogen and oxygen atoms in total. The van der Waals surface area contributed by atoms with Gasteiger partial charge < -0.3 is 14.6 Å². The Labute approximate surface area is 156 Å². The molecule has 0 aliphatic rings. The number of aromatic nitrogens is 2. The van der Waals surface area contributed by atoms with Crippen molar-refractivity contribution >= 4 is 0 Å². The van der Waals surface area contributed by atoms with Crippen molar-refractivity contribution in [3.8, 4) is 28.6 Å². The van der Waals surface area contributed by atoms with Crippen LogP contribution in [0, 0.1) is 0 Å². The quantitative estimate of drug-likeness (QED) is 0.688. The van der Waals surface area contributed by atoms with Gasteiger partial charge in [0.1, 0.15) is 17.2 Å². The number of aryl methyl sites for hydroxylation is 2. The molecule has 26 heavy (non-hydrogen) atoms. The Morgan fingerprint density at radius 3 is 2.23 bits per heavy atom. The summed E-state index contributed by atoms with van der Waals surface area (Å²) in [5.41, 5.74) is 3.36. The van der Waals surface area contributed by atoms with Crippen LogP contribution in [0.25, 0.3) is 11.3 Å². The summed E-state index contributed by atoms with van der Waals surface area (Å²) in [7, 11) is 0. The fourth-order valence-electron chi connectivity index (χ4n) is 2.87. The van der Waals surface area contributed by atoms with Gasteiger partial charge in [0.15, 0.2) is 0 Å². The van der Waals surface area contributed by atoms with E-state index in [9.17, 15) is 5.11 Å². The highest BCUT2D eigenvalue weighted by Crippen LogP contribution is 2.35. The van der Waals surface area contributed by atoms with Crippen LogP contribution in [0.3, 0.4) is 0 Å². The van der Waals surface area contributed by atoms with Gasteiger partial charge in [-0.15, -0.1) is 0 Å². The molecule has 1 N–H and O–H groups in total. The maximum atomic E-state index is 9.80. The third-order valence-corrected chi connectivity index (χ3v) is 4.38. The van der Waals surface area contributed by atoms with Gasteiger partial charge in [0.25, 0.3) is 0 Å². The minimum atomic E-state index is 0.151. The zero-order valence-electron chi connectivity index (χ0n) is 16.5. The van der Waals surface area contributed by atoms with Crippen molar-refractivity contribution < 1.29 is 14.6 Å². The molecule has 2 rings (SSSR count). The first-order chi connectivity index (χ1) is 12.6. The van der Waals surface area contributed by atoms with Crippen molar-refractivity contribution in [1.29, 1.82) is 0 Å². The Hall–Kier alpha value is -2.30. The molecule has 0 fully saturated rings. The lowest BCUT2D eigenvalue weighted by atomic mass is 10.1. The van der Waals surface area contributed by atoms with Crippen LogP contribution in [0.2, 0.25) is 0 Å². The van der Waals surface area contributed by atoms with Crippen LogP contribution in [0.15, 0.2) is 18.2 Å². The molecule has 1 aromatic heterocycles. The van der Waals surface area contributed by atoms with E-state index in [4.69, 9.17) is 19.4 Å². The topological polar surface area (TPSA) is 64.5 Å². The third-order valence-electron chi connectivity index (χ3n) is 4.38. The average molecular weight is 358 g/mol. The van der Waals surface area contributed by atoms with Gasteiger partial charge in [-0.05, 0) is 44.7 Å². The van der Waals surface area contributed by atoms with E-state index in [0.717, 1.165) is 48.3 Å². The van der Waals surface area contributed by atoms with E-state index >= 15 is 0 Å². The molecule has 0 aliphatic heterocycles. The summed E-state index contributed by atoms with van der Waals surface area (Å²) in [4.78, 5) is 9.67. The molecule has 1 heterocycles. The molecule has 0 saturated carbocycles. The van der Waals surface area contributed by atoms with Gasteiger partial charge in [-0.25, -0.2) is 9.97 Å². The van der Waals surface area contributed by atoms with Gasteiger partial charge in [0.05, 0.1) is 24.1 Å². The maximum Gasteiger partial charge on any atom is 0.236 e. The Kier molecular flexibility index (Phi) is 7.25. The van der Waals surface area contributed by atoms with Crippen LogP contribution in [-0.2, 0) is 12.8 Å². The highest BCUT2D eigenvalue weighted by molar-refractivity contribution is 5.70. The predicted octanol–water partition coefficient (Wildman–Crippen LogP) is 4.94. The molecule has 0 aliphatic carbocycles. The fourth-order valence-corrected chi connectivity index (χ4v) is 2.87. The molecule has 0 unspecified atom stereocenters. The molecule has 5 heteroatoms. The standard InChI is InChI=1S/C21H30N2O3/c1-6-15(7-2)26-21-18(9-4)22-20(17(8-3)23-21)16-12-11-14(24)13-19(16)25-10-5/h11-13,15,24H,6-10H2,1-5H3. The molecule has 2 aromatic rings. The van der Waals surface area contributed by atoms with E-state index in [1.165, 1.54) is 0 Å². The summed E-state index contributed by atoms with van der Waals surface area (Å²) >= 11 is 0. The minimum absolute atomic E-state index is 0.151. The second-order valence-electron chi connectivity index (χ2n) is 6.15. The second-order valence-corrected chi connectivity index (χ2v) is 6.15. The number of hydrogen-bond donors (Lipinski definition) is 1. The van der Waals surface area contributed by atoms with E-state index in [1.54, 1.807) is 12.1 Å². The number of aromatic hydroxyl groups is 1. The van der Waals surface area contributed by atoms with Gasteiger partial charge in [-0.2, -0.15) is 0 Å². The average Bonchev–Trinajstić information content (AvgIpc) is 2.66. The van der Waals surface area contributed by atoms with E-state index in [2.05, 4.69) is 27.7 Å². The highest BCUT2D eigenvalue weighted by Gasteiger charge is 2.19. The van der Waals surface area contributed by atoms with Crippen LogP contribution in [-0.4, -0.2) is 27.8 Å². The lowest BCUT2D eigenvalue weighted by Gasteiger charge is -2.19. The zero-order valence-corrected chi connectivity index (χ0v) is 16.5. The van der Waals surface area contributed by atoms with Gasteiger partial charge in [-0.1, -0.05) is 27.7 Å². The summed E-state index contributed by atoms with van der Waals surface area (Å²) in [5, 5.41) is 9.80. The van der Waals surface area contributed by atoms with Crippen LogP contribution in [0.1, 0.15) is 58.8 Å². The number of rotatable bonds is 9. The molecule has 0 spiro atoms. The van der Waals surface area contributed by atoms with E-state index in [1.807, 2.05) is 13.0 Å². The van der Waals surface area contributed by atoms with Crippen LogP contribution in [0.4, 0.5) is 0 Å². The molecule has 142 valence electrons. The lowest BCUT2D eigenvalue weighted by molar-refractivity contribution is 0.181. The molecule has 0 bridgehead atoms. The number of nitrogens with zero attached hydrogens (tertiary/aromatic N) is 2. The number of phenolic OH excluding ortho intramolecular Hbond substituents is 1. The Bertz CT molecular complexity index is 727. The number of hydrogen-bond acceptors (Lipinski definition) is 5. The molecule has 0 radical (unpaired) electrons. The van der Waals surface area contributed by atoms with Crippen LogP contribution in [0.5, 0.6) is 17.4 Å². The molecule has 0 amide bonds. The molecule has 0 saturated heterocycles. The van der Waals surface area contributed by atoms with E-state index in [0.29, 0.717) is 18.2 Å². The molecule has 1 aromatic carbocycles. The monoisotopic (exact) mass is 358 g/mol. The first-order valence-electron chi connectivity index (χ1n) is 9.60. The number of benzene rings is 1. The minimum Gasteiger partial charge on any atom is -0.508 e. The Morgan fingerprint density at radius 2 is 1.65 bits per heavy atom. The zero-order chi connectivity index (χ0) is 19.1. The molecular formula is C21H30N2O3. The van der Waals surface area contributed by atoms with E-state index < -0.39 is 0 Å². The van der Waals surface area contributed by atoms with Crippen LogP contribution < -0.4 is 9.47 Å². The summed E-state index contributed by atoms with van der Waals surface area (Å²) in [6, 6.07) is 5.11. The van der Waals surface area contributed by atoms with Crippen molar-refractivity contribution in [2.24, 2.45) is 0 Å². The Balaban J connectivity index is 2.56. The highest BCUT2D eigenvalue weighted by atomic mass is 16.5. The lowest BCUT2D eigenvalue weighted by Crippen LogP contribution is -2.17. The van der Waals surface area contributed by atoms with Gasteiger partial charge in [0.2, 0.25) is 5.88 Å². The van der Waals surface area contributed by atoms with Crippen molar-refractivity contribution in [3.05, 3.63) is 29.6 Å². The first kappa shape index (κ1) is 20.0. The normalized spacial score (nSPS) is 11.0. The summed E-state index contributed by atoms with van der Waals surface area (Å²) in [6.45, 7) is 10.8. The van der Waals surface area contributed by atoms with E-state index in [-0.39, 0.29) is 11.9 Å². The predicted molar refractivity (Wildman–Crippen MR) is 104 cm³/mol. The van der Waals surface area contributed by atoms with Crippen molar-refractivity contribution in [2.45, 2.75) is 66.4 Å². The first-order valence-corrected chi connectivity index (χ1v) is 9.60. The smallest absolute Gasteiger partial charge is 0.236 e. The number of phenols is 1. The maximum absolute atomic E-state index is 9.80.